The molecule has 0 radical (unpaired) electrons. The maximum atomic E-state index is 5.69. The zero-order valence-electron chi connectivity index (χ0n) is 18.4. The number of likely N-dealkylation sites (tertiary alicyclic amines) is 1. The van der Waals surface area contributed by atoms with Gasteiger partial charge in [-0.3, -0.25) is 9.89 Å². The Morgan fingerprint density at radius 1 is 1.17 bits per heavy atom. The first kappa shape index (κ1) is 21.2. The van der Waals surface area contributed by atoms with E-state index >= 15 is 0 Å². The van der Waals surface area contributed by atoms with Crippen LogP contribution in [0.3, 0.4) is 0 Å². The van der Waals surface area contributed by atoms with Crippen LogP contribution in [0.15, 0.2) is 23.2 Å². The van der Waals surface area contributed by atoms with Gasteiger partial charge in [0, 0.05) is 37.8 Å². The quantitative estimate of drug-likeness (QED) is 0.526. The van der Waals surface area contributed by atoms with E-state index in [1.807, 2.05) is 6.07 Å². The average Bonchev–Trinajstić information content (AvgIpc) is 3.44. The summed E-state index contributed by atoms with van der Waals surface area (Å²) in [6, 6.07) is 6.94. The van der Waals surface area contributed by atoms with Crippen molar-refractivity contribution in [3.63, 3.8) is 0 Å². The van der Waals surface area contributed by atoms with E-state index in [0.717, 1.165) is 69.7 Å². The molecule has 1 aromatic rings. The average molecular weight is 417 g/mol. The highest BCUT2D eigenvalue weighted by atomic mass is 16.7. The fraction of sp³-hybridized carbons (Fsp3) is 0.696. The minimum atomic E-state index is -0.0373. The summed E-state index contributed by atoms with van der Waals surface area (Å²) in [6.45, 7) is 11.1. The Morgan fingerprint density at radius 2 is 2.00 bits per heavy atom. The van der Waals surface area contributed by atoms with Crippen LogP contribution in [0.5, 0.6) is 11.5 Å². The molecule has 3 aliphatic heterocycles. The molecule has 3 heterocycles. The summed E-state index contributed by atoms with van der Waals surface area (Å²) < 4.78 is 16.8. The van der Waals surface area contributed by atoms with Gasteiger partial charge < -0.3 is 24.8 Å². The summed E-state index contributed by atoms with van der Waals surface area (Å²) in [5.74, 6) is 2.58. The molecule has 0 saturated carbocycles. The maximum absolute atomic E-state index is 5.69. The second kappa shape index (κ2) is 9.88. The maximum Gasteiger partial charge on any atom is 0.231 e. The van der Waals surface area contributed by atoms with E-state index in [1.165, 1.54) is 24.9 Å². The molecule has 0 spiro atoms. The Morgan fingerprint density at radius 3 is 2.80 bits per heavy atom. The Bertz CT molecular complexity index is 733. The molecule has 7 nitrogen and oxygen atoms in total. The van der Waals surface area contributed by atoms with E-state index in [1.54, 1.807) is 0 Å². The third-order valence-electron chi connectivity index (χ3n) is 6.73. The van der Waals surface area contributed by atoms with Gasteiger partial charge in [0.05, 0.1) is 6.54 Å². The van der Waals surface area contributed by atoms with Gasteiger partial charge in [0.1, 0.15) is 0 Å². The number of rotatable bonds is 7. The van der Waals surface area contributed by atoms with Crippen molar-refractivity contribution in [2.75, 3.05) is 52.7 Å². The van der Waals surface area contributed by atoms with Crippen LogP contribution in [0.25, 0.3) is 0 Å². The van der Waals surface area contributed by atoms with E-state index < -0.39 is 0 Å². The van der Waals surface area contributed by atoms with E-state index in [9.17, 15) is 0 Å². The molecule has 1 aromatic carbocycles. The molecule has 30 heavy (non-hydrogen) atoms. The van der Waals surface area contributed by atoms with Crippen molar-refractivity contribution < 1.29 is 14.2 Å². The van der Waals surface area contributed by atoms with E-state index in [0.29, 0.717) is 12.8 Å². The number of fused-ring (bicyclic) bond motifs is 1. The molecule has 1 atom stereocenters. The van der Waals surface area contributed by atoms with E-state index in [-0.39, 0.29) is 5.41 Å². The van der Waals surface area contributed by atoms with Gasteiger partial charge >= 0.3 is 0 Å². The molecule has 0 aliphatic carbocycles. The number of likely N-dealkylation sites (N-methyl/N-ethyl adjacent to an activating group) is 1. The molecule has 1 unspecified atom stereocenters. The summed E-state index contributed by atoms with van der Waals surface area (Å²) in [4.78, 5) is 7.60. The van der Waals surface area contributed by atoms with Crippen LogP contribution in [-0.2, 0) is 10.2 Å². The lowest BCUT2D eigenvalue weighted by Gasteiger charge is -2.37. The van der Waals surface area contributed by atoms with E-state index in [2.05, 4.69) is 41.5 Å². The van der Waals surface area contributed by atoms with Crippen molar-refractivity contribution >= 4 is 5.96 Å². The van der Waals surface area contributed by atoms with Crippen LogP contribution in [0.2, 0.25) is 0 Å². The predicted octanol–water partition coefficient (Wildman–Crippen LogP) is 2.50. The Balaban J connectivity index is 1.48. The number of hydrogen-bond acceptors (Lipinski definition) is 5. The van der Waals surface area contributed by atoms with Crippen LogP contribution in [0.1, 0.15) is 45.1 Å². The molecule has 4 rings (SSSR count). The second-order valence-electron chi connectivity index (χ2n) is 8.46. The number of aliphatic imine (C=N–C) groups is 1. The zero-order valence-corrected chi connectivity index (χ0v) is 18.4. The highest BCUT2D eigenvalue weighted by Crippen LogP contribution is 2.41. The van der Waals surface area contributed by atoms with Gasteiger partial charge in [-0.2, -0.15) is 0 Å². The van der Waals surface area contributed by atoms with Crippen LogP contribution in [0.4, 0.5) is 0 Å². The van der Waals surface area contributed by atoms with E-state index in [4.69, 9.17) is 19.2 Å². The number of benzene rings is 1. The van der Waals surface area contributed by atoms with Crippen molar-refractivity contribution in [3.05, 3.63) is 23.8 Å². The minimum absolute atomic E-state index is 0.0373. The fourth-order valence-electron chi connectivity index (χ4n) is 4.86. The number of guanidine groups is 1. The molecular weight excluding hydrogens is 380 g/mol. The van der Waals surface area contributed by atoms with Gasteiger partial charge in [0.2, 0.25) is 6.79 Å². The molecule has 0 amide bonds. The third kappa shape index (κ3) is 4.67. The molecule has 2 fully saturated rings. The first-order chi connectivity index (χ1) is 14.7. The number of nitrogens with one attached hydrogen (secondary N) is 2. The Labute approximate surface area is 180 Å². The SMILES string of the molecule is CCNC(=NCC1(c2ccc3c(c2)OCO3)CCOCC1)NCC1CCCN1CC. The van der Waals surface area contributed by atoms with Crippen LogP contribution in [0, 0.1) is 0 Å². The zero-order chi connectivity index (χ0) is 20.8. The van der Waals surface area contributed by atoms with Crippen LogP contribution >= 0.6 is 0 Å². The first-order valence-corrected chi connectivity index (χ1v) is 11.5. The first-order valence-electron chi connectivity index (χ1n) is 11.5. The largest absolute Gasteiger partial charge is 0.454 e. The van der Waals surface area contributed by atoms with Crippen LogP contribution < -0.4 is 20.1 Å². The standard InChI is InChI=1S/C23H36N4O3/c1-3-24-22(25-15-19-6-5-11-27(19)4-2)26-16-23(9-12-28-13-10-23)18-7-8-20-21(14-18)30-17-29-20/h7-8,14,19H,3-6,9-13,15-17H2,1-2H3,(H2,24,25,26). The minimum Gasteiger partial charge on any atom is -0.454 e. The number of ether oxygens (including phenoxy) is 3. The Hall–Kier alpha value is -1.99. The molecule has 7 heteroatoms. The molecule has 3 aliphatic rings. The molecule has 166 valence electrons. The van der Waals surface area contributed by atoms with Gasteiger partial charge in [-0.15, -0.1) is 0 Å². The van der Waals surface area contributed by atoms with Gasteiger partial charge in [0.25, 0.3) is 0 Å². The number of hydrogen-bond donors (Lipinski definition) is 2. The molecular formula is C23H36N4O3. The second-order valence-corrected chi connectivity index (χ2v) is 8.46. The smallest absolute Gasteiger partial charge is 0.231 e. The summed E-state index contributed by atoms with van der Waals surface area (Å²) in [5.41, 5.74) is 1.23. The third-order valence-corrected chi connectivity index (χ3v) is 6.73. The van der Waals surface area contributed by atoms with Crippen molar-refractivity contribution in [2.24, 2.45) is 4.99 Å². The monoisotopic (exact) mass is 416 g/mol. The summed E-state index contributed by atoms with van der Waals surface area (Å²) in [5, 5.41) is 7.03. The summed E-state index contributed by atoms with van der Waals surface area (Å²) in [7, 11) is 0. The lowest BCUT2D eigenvalue weighted by Crippen LogP contribution is -2.46. The summed E-state index contributed by atoms with van der Waals surface area (Å²) in [6.07, 6.45) is 4.48. The summed E-state index contributed by atoms with van der Waals surface area (Å²) >= 11 is 0. The number of nitrogens with zero attached hydrogens (tertiary/aromatic N) is 2. The lowest BCUT2D eigenvalue weighted by atomic mass is 9.74. The Kier molecular flexibility index (Phi) is 7.00. The van der Waals surface area contributed by atoms with Crippen molar-refractivity contribution in [1.82, 2.24) is 15.5 Å². The molecule has 0 bridgehead atoms. The van der Waals surface area contributed by atoms with Crippen molar-refractivity contribution in [2.45, 2.75) is 51.0 Å². The topological polar surface area (TPSA) is 67.4 Å². The van der Waals surface area contributed by atoms with Crippen molar-refractivity contribution in [1.29, 1.82) is 0 Å². The predicted molar refractivity (Wildman–Crippen MR) is 119 cm³/mol. The molecule has 0 aromatic heterocycles. The normalized spacial score (nSPS) is 23.5. The van der Waals surface area contributed by atoms with Crippen molar-refractivity contribution in [3.8, 4) is 11.5 Å². The van der Waals surface area contributed by atoms with Gasteiger partial charge in [-0.25, -0.2) is 0 Å². The highest BCUT2D eigenvalue weighted by molar-refractivity contribution is 5.79. The van der Waals surface area contributed by atoms with Gasteiger partial charge in [-0.05, 0) is 63.4 Å². The van der Waals surface area contributed by atoms with Gasteiger partial charge in [-0.1, -0.05) is 13.0 Å². The van der Waals surface area contributed by atoms with Gasteiger partial charge in [0.15, 0.2) is 17.5 Å². The molecule has 2 N–H and O–H groups in total. The fourth-order valence-corrected chi connectivity index (χ4v) is 4.86. The van der Waals surface area contributed by atoms with Crippen LogP contribution in [-0.4, -0.2) is 69.6 Å². The highest BCUT2D eigenvalue weighted by Gasteiger charge is 2.36. The lowest BCUT2D eigenvalue weighted by molar-refractivity contribution is 0.0530. The molecule has 2 saturated heterocycles.